The van der Waals surface area contributed by atoms with Gasteiger partial charge < -0.3 is 20.3 Å². The summed E-state index contributed by atoms with van der Waals surface area (Å²) < 4.78 is 5.56. The third kappa shape index (κ3) is 6.32. The topological polar surface area (TPSA) is 70.7 Å². The van der Waals surface area contributed by atoms with Crippen LogP contribution >= 0.6 is 0 Å². The average molecular weight is 396 g/mol. The van der Waals surface area contributed by atoms with Gasteiger partial charge >= 0.3 is 0 Å². The molecule has 6 heteroatoms. The summed E-state index contributed by atoms with van der Waals surface area (Å²) in [7, 11) is 0. The number of benzene rings is 2. The van der Waals surface area contributed by atoms with Crippen molar-refractivity contribution >= 4 is 17.5 Å². The molecule has 0 aromatic heterocycles. The molecule has 2 aromatic carbocycles. The maximum Gasteiger partial charge on any atom is 0.260 e. The van der Waals surface area contributed by atoms with Gasteiger partial charge in [-0.25, -0.2) is 0 Å². The first kappa shape index (κ1) is 20.9. The molecule has 2 N–H and O–H groups in total. The summed E-state index contributed by atoms with van der Waals surface area (Å²) in [5.41, 5.74) is 1.92. The highest BCUT2D eigenvalue weighted by Crippen LogP contribution is 2.20. The first-order chi connectivity index (χ1) is 14.2. The van der Waals surface area contributed by atoms with Crippen molar-refractivity contribution < 1.29 is 14.3 Å². The van der Waals surface area contributed by atoms with Gasteiger partial charge in [0, 0.05) is 25.3 Å². The number of carbonyl (C=O) groups is 2. The summed E-state index contributed by atoms with van der Waals surface area (Å²) in [4.78, 5) is 27.0. The second kappa shape index (κ2) is 10.6. The van der Waals surface area contributed by atoms with E-state index in [0.717, 1.165) is 37.2 Å². The fraction of sp³-hybridized carbons (Fsp3) is 0.391. The van der Waals surface area contributed by atoms with Crippen LogP contribution in [0.4, 0.5) is 5.69 Å². The van der Waals surface area contributed by atoms with Gasteiger partial charge in [-0.2, -0.15) is 0 Å². The zero-order valence-corrected chi connectivity index (χ0v) is 16.9. The molecule has 2 aromatic rings. The molecular formula is C23H29N3O3. The van der Waals surface area contributed by atoms with E-state index in [1.807, 2.05) is 54.6 Å². The van der Waals surface area contributed by atoms with Crippen LogP contribution in [0.5, 0.6) is 5.75 Å². The lowest BCUT2D eigenvalue weighted by Gasteiger charge is -2.32. The van der Waals surface area contributed by atoms with E-state index in [4.69, 9.17) is 4.74 Å². The number of likely N-dealkylation sites (tertiary alicyclic amines) is 1. The third-order valence-corrected chi connectivity index (χ3v) is 5.02. The van der Waals surface area contributed by atoms with E-state index in [1.165, 1.54) is 0 Å². The van der Waals surface area contributed by atoms with Crippen molar-refractivity contribution in [2.75, 3.05) is 31.6 Å². The second-order valence-corrected chi connectivity index (χ2v) is 7.25. The highest BCUT2D eigenvalue weighted by atomic mass is 16.5. The number of rotatable bonds is 8. The van der Waals surface area contributed by atoms with Crippen molar-refractivity contribution in [2.45, 2.75) is 26.3 Å². The first-order valence-electron chi connectivity index (χ1n) is 10.2. The number of anilines is 1. The van der Waals surface area contributed by atoms with E-state index in [1.54, 1.807) is 4.90 Å². The fourth-order valence-corrected chi connectivity index (χ4v) is 3.44. The Morgan fingerprint density at radius 1 is 1.14 bits per heavy atom. The van der Waals surface area contributed by atoms with Crippen LogP contribution in [0.3, 0.4) is 0 Å². The number of para-hydroxylation sites is 1. The van der Waals surface area contributed by atoms with Crippen LogP contribution in [0.25, 0.3) is 0 Å². The molecule has 0 aliphatic carbocycles. The minimum absolute atomic E-state index is 0.00910. The van der Waals surface area contributed by atoms with E-state index in [0.29, 0.717) is 18.8 Å². The van der Waals surface area contributed by atoms with Gasteiger partial charge in [-0.3, -0.25) is 9.59 Å². The lowest BCUT2D eigenvalue weighted by Crippen LogP contribution is -2.45. The second-order valence-electron chi connectivity index (χ2n) is 7.25. The molecule has 6 nitrogen and oxygen atoms in total. The molecule has 29 heavy (non-hydrogen) atoms. The van der Waals surface area contributed by atoms with Gasteiger partial charge in [0.05, 0.1) is 5.92 Å². The number of carbonyl (C=O) groups excluding carboxylic acids is 2. The van der Waals surface area contributed by atoms with Gasteiger partial charge in [-0.05, 0) is 49.2 Å². The molecule has 1 aliphatic heterocycles. The number of nitrogens with one attached hydrogen (secondary N) is 2. The molecule has 1 aliphatic rings. The molecule has 0 spiro atoms. The van der Waals surface area contributed by atoms with E-state index >= 15 is 0 Å². The highest BCUT2D eigenvalue weighted by molar-refractivity contribution is 5.93. The predicted molar refractivity (Wildman–Crippen MR) is 114 cm³/mol. The monoisotopic (exact) mass is 395 g/mol. The van der Waals surface area contributed by atoms with Crippen molar-refractivity contribution in [3.63, 3.8) is 0 Å². The summed E-state index contributed by atoms with van der Waals surface area (Å²) >= 11 is 0. The molecule has 1 heterocycles. The Morgan fingerprint density at radius 2 is 1.97 bits per heavy atom. The van der Waals surface area contributed by atoms with Gasteiger partial charge in [0.15, 0.2) is 6.61 Å². The summed E-state index contributed by atoms with van der Waals surface area (Å²) in [6, 6.07) is 17.1. The number of amides is 2. The molecule has 0 radical (unpaired) electrons. The maximum atomic E-state index is 12.7. The fourth-order valence-electron chi connectivity index (χ4n) is 3.44. The van der Waals surface area contributed by atoms with Gasteiger partial charge in [0.1, 0.15) is 5.75 Å². The minimum atomic E-state index is -0.207. The van der Waals surface area contributed by atoms with Crippen molar-refractivity contribution in [2.24, 2.45) is 5.92 Å². The molecule has 0 bridgehead atoms. The number of hydrogen-bond acceptors (Lipinski definition) is 4. The number of nitrogens with zero attached hydrogens (tertiary/aromatic N) is 1. The van der Waals surface area contributed by atoms with Crippen molar-refractivity contribution in [1.29, 1.82) is 0 Å². The zero-order valence-electron chi connectivity index (χ0n) is 16.9. The normalized spacial score (nSPS) is 16.3. The van der Waals surface area contributed by atoms with Gasteiger partial charge in [0.25, 0.3) is 5.91 Å². The lowest BCUT2D eigenvalue weighted by atomic mass is 9.97. The molecule has 1 fully saturated rings. The summed E-state index contributed by atoms with van der Waals surface area (Å²) in [6.07, 6.45) is 1.60. The van der Waals surface area contributed by atoms with Crippen molar-refractivity contribution in [1.82, 2.24) is 10.2 Å². The molecule has 154 valence electrons. The Balaban J connectivity index is 1.51. The standard InChI is InChI=1S/C23H29N3O3/c1-2-24-15-18-8-6-10-20(14-18)25-23(28)19-9-7-13-26(16-19)22(27)17-29-21-11-4-3-5-12-21/h3-6,8,10-12,14,19,24H,2,7,9,13,15-17H2,1H3,(H,25,28). The van der Waals surface area contributed by atoms with E-state index in [-0.39, 0.29) is 24.3 Å². The number of piperidine rings is 1. The van der Waals surface area contributed by atoms with Crippen LogP contribution in [-0.4, -0.2) is 43.0 Å². The quantitative estimate of drug-likeness (QED) is 0.721. The summed E-state index contributed by atoms with van der Waals surface area (Å²) in [6.45, 7) is 4.82. The van der Waals surface area contributed by atoms with Crippen LogP contribution in [0, 0.1) is 5.92 Å². The highest BCUT2D eigenvalue weighted by Gasteiger charge is 2.28. The summed E-state index contributed by atoms with van der Waals surface area (Å²) in [5.74, 6) is 0.345. The Kier molecular flexibility index (Phi) is 7.64. The van der Waals surface area contributed by atoms with Gasteiger partial charge in [-0.15, -0.1) is 0 Å². The van der Waals surface area contributed by atoms with Crippen molar-refractivity contribution in [3.05, 3.63) is 60.2 Å². The Labute approximate surface area is 172 Å². The van der Waals surface area contributed by atoms with Gasteiger partial charge in [-0.1, -0.05) is 37.3 Å². The number of ether oxygens (including phenoxy) is 1. The van der Waals surface area contributed by atoms with Crippen LogP contribution in [0.2, 0.25) is 0 Å². The van der Waals surface area contributed by atoms with E-state index < -0.39 is 0 Å². The minimum Gasteiger partial charge on any atom is -0.484 e. The largest absolute Gasteiger partial charge is 0.484 e. The zero-order chi connectivity index (χ0) is 20.5. The molecule has 1 unspecified atom stereocenters. The van der Waals surface area contributed by atoms with E-state index in [9.17, 15) is 9.59 Å². The summed E-state index contributed by atoms with van der Waals surface area (Å²) in [5, 5.41) is 6.29. The third-order valence-electron chi connectivity index (χ3n) is 5.02. The Morgan fingerprint density at radius 3 is 2.76 bits per heavy atom. The number of hydrogen-bond donors (Lipinski definition) is 2. The van der Waals surface area contributed by atoms with Crippen LogP contribution in [-0.2, 0) is 16.1 Å². The Hall–Kier alpha value is -2.86. The average Bonchev–Trinajstić information content (AvgIpc) is 2.77. The molecule has 2 amide bonds. The Bertz CT molecular complexity index is 810. The predicted octanol–water partition coefficient (Wildman–Crippen LogP) is 3.05. The van der Waals surface area contributed by atoms with Gasteiger partial charge in [0.2, 0.25) is 5.91 Å². The first-order valence-corrected chi connectivity index (χ1v) is 10.2. The molecular weight excluding hydrogens is 366 g/mol. The van der Waals surface area contributed by atoms with E-state index in [2.05, 4.69) is 17.6 Å². The smallest absolute Gasteiger partial charge is 0.260 e. The van der Waals surface area contributed by atoms with Crippen LogP contribution in [0.1, 0.15) is 25.3 Å². The maximum absolute atomic E-state index is 12.7. The lowest BCUT2D eigenvalue weighted by molar-refractivity contribution is -0.136. The molecule has 1 saturated heterocycles. The van der Waals surface area contributed by atoms with Crippen LogP contribution < -0.4 is 15.4 Å². The van der Waals surface area contributed by atoms with Crippen molar-refractivity contribution in [3.8, 4) is 5.75 Å². The molecule has 0 saturated carbocycles. The SMILES string of the molecule is CCNCc1cccc(NC(=O)C2CCCN(C(=O)COc3ccccc3)C2)c1. The molecule has 1 atom stereocenters. The van der Waals surface area contributed by atoms with Crippen LogP contribution in [0.15, 0.2) is 54.6 Å². The molecule has 3 rings (SSSR count).